The Labute approximate surface area is 86.2 Å². The van der Waals surface area contributed by atoms with Crippen molar-refractivity contribution in [1.82, 2.24) is 0 Å². The highest BCUT2D eigenvalue weighted by molar-refractivity contribution is 6.25. The third-order valence-corrected chi connectivity index (χ3v) is 1.39. The molecule has 0 aliphatic carbocycles. The third-order valence-electron chi connectivity index (χ3n) is 1.39. The van der Waals surface area contributed by atoms with Gasteiger partial charge in [0, 0.05) is 6.42 Å². The van der Waals surface area contributed by atoms with Gasteiger partial charge in [-0.1, -0.05) is 0 Å². The molecule has 0 aliphatic heterocycles. The molecule has 5 nitrogen and oxygen atoms in total. The highest BCUT2D eigenvalue weighted by Crippen LogP contribution is 2.03. The minimum absolute atomic E-state index is 0.0309. The van der Waals surface area contributed by atoms with Crippen LogP contribution in [-0.2, 0) is 14.3 Å². The first kappa shape index (κ1) is 13.2. The molecule has 0 atom stereocenters. The van der Waals surface area contributed by atoms with Crippen LogP contribution in [0.25, 0.3) is 5.53 Å². The molecule has 0 spiro atoms. The molecule has 0 aromatic carbocycles. The first-order chi connectivity index (χ1) is 7.11. The van der Waals surface area contributed by atoms with Crippen LogP contribution in [0.15, 0.2) is 11.9 Å². The van der Waals surface area contributed by atoms with Crippen molar-refractivity contribution in [2.45, 2.75) is 19.8 Å². The van der Waals surface area contributed by atoms with Gasteiger partial charge in [-0.05, 0) is 19.4 Å². The molecule has 0 bridgehead atoms. The number of hydrogen-bond donors (Lipinski definition) is 0. The van der Waals surface area contributed by atoms with E-state index in [4.69, 9.17) is 5.53 Å². The Balaban J connectivity index is 4.00. The topological polar surface area (TPSA) is 79.8 Å². The molecule has 0 rings (SSSR count). The molecular formula is C9H11FN2O3. The van der Waals surface area contributed by atoms with Crippen LogP contribution in [0.5, 0.6) is 0 Å². The molecule has 0 aromatic rings. The van der Waals surface area contributed by atoms with E-state index in [2.05, 4.69) is 9.53 Å². The molecular weight excluding hydrogens is 203 g/mol. The van der Waals surface area contributed by atoms with Crippen molar-refractivity contribution in [1.29, 1.82) is 0 Å². The van der Waals surface area contributed by atoms with Gasteiger partial charge in [0.1, 0.15) is 0 Å². The van der Waals surface area contributed by atoms with Gasteiger partial charge in [0.15, 0.2) is 0 Å². The molecule has 0 saturated heterocycles. The molecule has 0 N–H and O–H groups in total. The standard InChI is InChI=1S/C9H11FN2O3/c1-2-15-9(14)8(10)5-3-4-7(13)6-12-11/h5-6H,2-4H2,1H3. The summed E-state index contributed by atoms with van der Waals surface area (Å²) in [7, 11) is 0. The fourth-order valence-electron chi connectivity index (χ4n) is 0.753. The van der Waals surface area contributed by atoms with Crippen molar-refractivity contribution in [3.63, 3.8) is 0 Å². The van der Waals surface area contributed by atoms with E-state index in [1.54, 1.807) is 6.92 Å². The number of carbonyl (C=O) groups excluding carboxylic acids is 2. The van der Waals surface area contributed by atoms with Gasteiger partial charge in [-0.2, -0.15) is 9.18 Å². The Hall–Kier alpha value is -1.81. The second-order valence-electron chi connectivity index (χ2n) is 2.52. The molecule has 0 aromatic heterocycles. The number of ether oxygens (including phenoxy) is 1. The lowest BCUT2D eigenvalue weighted by molar-refractivity contribution is -0.140. The van der Waals surface area contributed by atoms with Crippen LogP contribution >= 0.6 is 0 Å². The zero-order chi connectivity index (χ0) is 11.7. The van der Waals surface area contributed by atoms with Gasteiger partial charge in [-0.25, -0.2) is 4.79 Å². The fraction of sp³-hybridized carbons (Fsp3) is 0.444. The van der Waals surface area contributed by atoms with Crippen LogP contribution in [0.2, 0.25) is 0 Å². The van der Waals surface area contributed by atoms with Crippen LogP contribution < -0.4 is 0 Å². The summed E-state index contributed by atoms with van der Waals surface area (Å²) in [5.41, 5.74) is 7.99. The van der Waals surface area contributed by atoms with Crippen molar-refractivity contribution in [3.8, 4) is 0 Å². The summed E-state index contributed by atoms with van der Waals surface area (Å²) in [5, 5.41) is 0. The van der Waals surface area contributed by atoms with Crippen LogP contribution in [0.3, 0.4) is 0 Å². The maximum absolute atomic E-state index is 12.8. The predicted octanol–water partition coefficient (Wildman–Crippen LogP) is 1.05. The van der Waals surface area contributed by atoms with Gasteiger partial charge in [-0.3, -0.25) is 4.79 Å². The van der Waals surface area contributed by atoms with Gasteiger partial charge in [0.2, 0.25) is 11.6 Å². The zero-order valence-corrected chi connectivity index (χ0v) is 8.27. The summed E-state index contributed by atoms with van der Waals surface area (Å²) >= 11 is 0. The Morgan fingerprint density at radius 2 is 2.20 bits per heavy atom. The Morgan fingerprint density at radius 3 is 2.73 bits per heavy atom. The normalized spacial score (nSPS) is 10.4. The lowest BCUT2D eigenvalue weighted by Crippen LogP contribution is -2.04. The predicted molar refractivity (Wildman–Crippen MR) is 49.7 cm³/mol. The summed E-state index contributed by atoms with van der Waals surface area (Å²) in [5.74, 6) is -2.52. The summed E-state index contributed by atoms with van der Waals surface area (Å²) in [6.07, 6.45) is 1.70. The molecule has 6 heteroatoms. The van der Waals surface area contributed by atoms with E-state index in [-0.39, 0.29) is 19.4 Å². The number of ketones is 1. The van der Waals surface area contributed by atoms with E-state index in [1.807, 2.05) is 0 Å². The van der Waals surface area contributed by atoms with Crippen molar-refractivity contribution < 1.29 is 23.5 Å². The summed E-state index contributed by atoms with van der Waals surface area (Å²) in [6, 6.07) is 0. The molecule has 0 saturated carbocycles. The SMILES string of the molecule is CCOC(=O)C(F)=CCCC(=O)C=[N+]=[N-]. The molecule has 0 aliphatic rings. The Bertz CT molecular complexity index is 319. The lowest BCUT2D eigenvalue weighted by Gasteiger charge is -1.97. The van der Waals surface area contributed by atoms with E-state index >= 15 is 0 Å². The number of allylic oxidation sites excluding steroid dienone is 1. The van der Waals surface area contributed by atoms with Crippen LogP contribution in [-0.4, -0.2) is 29.4 Å². The number of esters is 1. The molecule has 82 valence electrons. The maximum atomic E-state index is 12.8. The van der Waals surface area contributed by atoms with Crippen molar-refractivity contribution in [3.05, 3.63) is 17.4 Å². The summed E-state index contributed by atoms with van der Waals surface area (Å²) < 4.78 is 17.2. The first-order valence-corrected chi connectivity index (χ1v) is 4.34. The van der Waals surface area contributed by atoms with Gasteiger partial charge < -0.3 is 10.3 Å². The van der Waals surface area contributed by atoms with Gasteiger partial charge in [0.05, 0.1) is 6.61 Å². The molecule has 0 unspecified atom stereocenters. The van der Waals surface area contributed by atoms with E-state index in [1.165, 1.54) is 0 Å². The summed E-state index contributed by atoms with van der Waals surface area (Å²) in [6.45, 7) is 1.66. The molecule has 0 fully saturated rings. The van der Waals surface area contributed by atoms with Crippen LogP contribution in [0.4, 0.5) is 4.39 Å². The second-order valence-corrected chi connectivity index (χ2v) is 2.52. The zero-order valence-electron chi connectivity index (χ0n) is 8.27. The Kier molecular flexibility index (Phi) is 6.67. The van der Waals surface area contributed by atoms with E-state index in [9.17, 15) is 14.0 Å². The van der Waals surface area contributed by atoms with Crippen LogP contribution in [0.1, 0.15) is 19.8 Å². The molecule has 0 heterocycles. The van der Waals surface area contributed by atoms with Gasteiger partial charge >= 0.3 is 12.2 Å². The average molecular weight is 214 g/mol. The number of Topliss-reactive ketones (excluding diaryl/α,β-unsaturated/α-hetero) is 1. The van der Waals surface area contributed by atoms with Crippen molar-refractivity contribution in [2.75, 3.05) is 6.61 Å². The first-order valence-electron chi connectivity index (χ1n) is 4.34. The minimum atomic E-state index is -1.04. The van der Waals surface area contributed by atoms with Gasteiger partial charge in [0.25, 0.3) is 0 Å². The number of nitrogens with zero attached hydrogens (tertiary/aromatic N) is 2. The summed E-state index contributed by atoms with van der Waals surface area (Å²) in [4.78, 5) is 24.0. The third kappa shape index (κ3) is 6.29. The van der Waals surface area contributed by atoms with Gasteiger partial charge in [-0.15, -0.1) is 0 Å². The molecule has 0 amide bonds. The van der Waals surface area contributed by atoms with Crippen molar-refractivity contribution in [2.24, 2.45) is 0 Å². The Morgan fingerprint density at radius 1 is 1.53 bits per heavy atom. The smallest absolute Gasteiger partial charge is 0.366 e. The monoisotopic (exact) mass is 214 g/mol. The highest BCUT2D eigenvalue weighted by atomic mass is 19.1. The minimum Gasteiger partial charge on any atom is -0.461 e. The molecule has 15 heavy (non-hydrogen) atoms. The van der Waals surface area contributed by atoms with Crippen LogP contribution in [0, 0.1) is 0 Å². The quantitative estimate of drug-likeness (QED) is 0.218. The number of rotatable bonds is 6. The maximum Gasteiger partial charge on any atom is 0.366 e. The fourth-order valence-corrected chi connectivity index (χ4v) is 0.753. The number of hydrogen-bond acceptors (Lipinski definition) is 3. The molecule has 0 radical (unpaired) electrons. The van der Waals surface area contributed by atoms with E-state index in [0.29, 0.717) is 0 Å². The number of halogens is 1. The lowest BCUT2D eigenvalue weighted by atomic mass is 10.2. The number of carbonyl (C=O) groups is 2. The van der Waals surface area contributed by atoms with E-state index in [0.717, 1.165) is 12.3 Å². The largest absolute Gasteiger partial charge is 0.461 e. The highest BCUT2D eigenvalue weighted by Gasteiger charge is 2.09. The van der Waals surface area contributed by atoms with E-state index < -0.39 is 17.6 Å². The average Bonchev–Trinajstić information content (AvgIpc) is 2.18. The second kappa shape index (κ2) is 7.58. The van der Waals surface area contributed by atoms with Crippen molar-refractivity contribution >= 4 is 18.0 Å².